The van der Waals surface area contributed by atoms with Crippen molar-refractivity contribution in [2.45, 2.75) is 51.0 Å². The minimum absolute atomic E-state index is 0.347. The first-order valence-corrected chi connectivity index (χ1v) is 8.49. The molecule has 3 atom stereocenters. The normalized spacial score (nSPS) is 26.4. The van der Waals surface area contributed by atoms with E-state index in [-0.39, 0.29) is 0 Å². The van der Waals surface area contributed by atoms with Crippen LogP contribution in [0, 0.1) is 0 Å². The van der Waals surface area contributed by atoms with Gasteiger partial charge in [-0.15, -0.1) is 0 Å². The molecule has 6 nitrogen and oxygen atoms in total. The zero-order valence-corrected chi connectivity index (χ0v) is 14.2. The SMILES string of the molecule is CCNC(=NCc1cccnc1N(C)C)NC1CC2CCC1O2. The molecule has 0 amide bonds. The molecule has 2 bridgehead atoms. The Hall–Kier alpha value is -1.82. The number of hydrogen-bond donors (Lipinski definition) is 2. The summed E-state index contributed by atoms with van der Waals surface area (Å²) in [4.78, 5) is 11.2. The number of ether oxygens (including phenoxy) is 1. The molecule has 6 heteroatoms. The van der Waals surface area contributed by atoms with Gasteiger partial charge in [-0.05, 0) is 32.3 Å². The van der Waals surface area contributed by atoms with Crippen molar-refractivity contribution < 1.29 is 4.74 Å². The van der Waals surface area contributed by atoms with Gasteiger partial charge in [-0.1, -0.05) is 6.07 Å². The van der Waals surface area contributed by atoms with Crippen molar-refractivity contribution in [3.05, 3.63) is 23.9 Å². The number of aromatic nitrogens is 1. The number of anilines is 1. The Morgan fingerprint density at radius 3 is 2.96 bits per heavy atom. The van der Waals surface area contributed by atoms with Gasteiger partial charge >= 0.3 is 0 Å². The first-order chi connectivity index (χ1) is 11.2. The second kappa shape index (κ2) is 7.17. The maximum absolute atomic E-state index is 5.92. The topological polar surface area (TPSA) is 61.8 Å². The van der Waals surface area contributed by atoms with Gasteiger partial charge in [0, 0.05) is 32.4 Å². The Morgan fingerprint density at radius 1 is 1.43 bits per heavy atom. The molecule has 3 heterocycles. The maximum atomic E-state index is 5.92. The summed E-state index contributed by atoms with van der Waals surface area (Å²) in [5, 5.41) is 6.88. The smallest absolute Gasteiger partial charge is 0.191 e. The Morgan fingerprint density at radius 2 is 2.30 bits per heavy atom. The predicted molar refractivity (Wildman–Crippen MR) is 92.8 cm³/mol. The minimum atomic E-state index is 0.347. The number of hydrogen-bond acceptors (Lipinski definition) is 4. The quantitative estimate of drug-likeness (QED) is 0.637. The predicted octanol–water partition coefficient (Wildman–Crippen LogP) is 1.52. The van der Waals surface area contributed by atoms with Gasteiger partial charge in [0.1, 0.15) is 5.82 Å². The van der Waals surface area contributed by atoms with Crippen LogP contribution in [0.2, 0.25) is 0 Å². The zero-order chi connectivity index (χ0) is 16.2. The summed E-state index contributed by atoms with van der Waals surface area (Å²) in [5.74, 6) is 1.83. The molecule has 2 N–H and O–H groups in total. The van der Waals surface area contributed by atoms with E-state index in [2.05, 4.69) is 28.6 Å². The molecule has 0 saturated carbocycles. The van der Waals surface area contributed by atoms with Crippen LogP contribution in [0.1, 0.15) is 31.7 Å². The fraction of sp³-hybridized carbons (Fsp3) is 0.647. The van der Waals surface area contributed by atoms with Gasteiger partial charge in [0.2, 0.25) is 0 Å². The Bertz CT molecular complexity index is 560. The molecule has 2 saturated heterocycles. The number of guanidine groups is 1. The molecule has 0 aromatic carbocycles. The summed E-state index contributed by atoms with van der Waals surface area (Å²) in [5.41, 5.74) is 1.12. The van der Waals surface area contributed by atoms with E-state index in [0.29, 0.717) is 24.8 Å². The zero-order valence-electron chi connectivity index (χ0n) is 14.2. The minimum Gasteiger partial charge on any atom is -0.373 e. The van der Waals surface area contributed by atoms with E-state index in [1.54, 1.807) is 0 Å². The molecule has 2 fully saturated rings. The van der Waals surface area contributed by atoms with E-state index in [1.165, 1.54) is 6.42 Å². The molecule has 126 valence electrons. The molecule has 0 spiro atoms. The number of fused-ring (bicyclic) bond motifs is 2. The molecular weight excluding hydrogens is 290 g/mol. The molecular formula is C17H27N5O. The third kappa shape index (κ3) is 3.75. The highest BCUT2D eigenvalue weighted by Crippen LogP contribution is 2.34. The highest BCUT2D eigenvalue weighted by Gasteiger charge is 2.41. The van der Waals surface area contributed by atoms with Crippen LogP contribution in [0.5, 0.6) is 0 Å². The van der Waals surface area contributed by atoms with E-state index in [1.807, 2.05) is 31.3 Å². The standard InChI is InChI=1S/C17H27N5O/c1-4-18-17(21-14-10-13-7-8-15(14)23-13)20-11-12-6-5-9-19-16(12)22(2)3/h5-6,9,13-15H,4,7-8,10-11H2,1-3H3,(H2,18,20,21). The van der Waals surface area contributed by atoms with Crippen molar-refractivity contribution in [2.24, 2.45) is 4.99 Å². The number of aliphatic imine (C=N–C) groups is 1. The second-order valence-electron chi connectivity index (χ2n) is 6.44. The van der Waals surface area contributed by atoms with E-state index >= 15 is 0 Å². The lowest BCUT2D eigenvalue weighted by molar-refractivity contribution is 0.0992. The van der Waals surface area contributed by atoms with Gasteiger partial charge in [0.25, 0.3) is 0 Å². The lowest BCUT2D eigenvalue weighted by Crippen LogP contribution is -2.47. The van der Waals surface area contributed by atoms with E-state index < -0.39 is 0 Å². The number of nitrogens with zero attached hydrogens (tertiary/aromatic N) is 3. The van der Waals surface area contributed by atoms with Crippen molar-refractivity contribution in [1.82, 2.24) is 15.6 Å². The first-order valence-electron chi connectivity index (χ1n) is 8.49. The molecule has 2 aliphatic rings. The number of rotatable bonds is 5. The van der Waals surface area contributed by atoms with Gasteiger partial charge in [0.15, 0.2) is 5.96 Å². The highest BCUT2D eigenvalue weighted by atomic mass is 16.5. The van der Waals surface area contributed by atoms with Crippen molar-refractivity contribution >= 4 is 11.8 Å². The fourth-order valence-electron chi connectivity index (χ4n) is 3.41. The van der Waals surface area contributed by atoms with Crippen LogP contribution in [-0.4, -0.2) is 49.8 Å². The van der Waals surface area contributed by atoms with E-state index in [0.717, 1.165) is 36.7 Å². The Kier molecular flexibility index (Phi) is 5.00. The lowest BCUT2D eigenvalue weighted by atomic mass is 9.96. The summed E-state index contributed by atoms with van der Waals surface area (Å²) in [6.07, 6.45) is 6.07. The van der Waals surface area contributed by atoms with Crippen LogP contribution in [0.25, 0.3) is 0 Å². The summed E-state index contributed by atoms with van der Waals surface area (Å²) < 4.78 is 5.92. The molecule has 1 aromatic rings. The van der Waals surface area contributed by atoms with Crippen molar-refractivity contribution in [2.75, 3.05) is 25.5 Å². The van der Waals surface area contributed by atoms with Crippen molar-refractivity contribution in [3.8, 4) is 0 Å². The van der Waals surface area contributed by atoms with Crippen LogP contribution in [0.15, 0.2) is 23.3 Å². The molecule has 0 aliphatic carbocycles. The molecule has 2 aliphatic heterocycles. The van der Waals surface area contributed by atoms with Crippen LogP contribution in [-0.2, 0) is 11.3 Å². The molecule has 0 radical (unpaired) electrons. The maximum Gasteiger partial charge on any atom is 0.191 e. The second-order valence-corrected chi connectivity index (χ2v) is 6.44. The van der Waals surface area contributed by atoms with Crippen LogP contribution in [0.3, 0.4) is 0 Å². The van der Waals surface area contributed by atoms with Gasteiger partial charge in [-0.25, -0.2) is 9.98 Å². The Balaban J connectivity index is 1.67. The van der Waals surface area contributed by atoms with E-state index in [9.17, 15) is 0 Å². The third-order valence-electron chi connectivity index (χ3n) is 4.47. The van der Waals surface area contributed by atoms with Gasteiger partial charge < -0.3 is 20.3 Å². The van der Waals surface area contributed by atoms with Crippen LogP contribution < -0.4 is 15.5 Å². The van der Waals surface area contributed by atoms with E-state index in [4.69, 9.17) is 9.73 Å². The average Bonchev–Trinajstić information content (AvgIpc) is 3.16. The molecule has 1 aromatic heterocycles. The summed E-state index contributed by atoms with van der Waals surface area (Å²) >= 11 is 0. The number of nitrogens with one attached hydrogen (secondary N) is 2. The molecule has 23 heavy (non-hydrogen) atoms. The molecule has 3 unspecified atom stereocenters. The van der Waals surface area contributed by atoms with Crippen molar-refractivity contribution in [3.63, 3.8) is 0 Å². The fourth-order valence-corrected chi connectivity index (χ4v) is 3.41. The highest BCUT2D eigenvalue weighted by molar-refractivity contribution is 5.80. The molecule has 3 rings (SSSR count). The summed E-state index contributed by atoms with van der Waals surface area (Å²) in [6, 6.07) is 4.42. The number of pyridine rings is 1. The first kappa shape index (κ1) is 16.1. The van der Waals surface area contributed by atoms with Gasteiger partial charge in [0.05, 0.1) is 24.8 Å². The van der Waals surface area contributed by atoms with Gasteiger partial charge in [-0.3, -0.25) is 0 Å². The average molecular weight is 317 g/mol. The third-order valence-corrected chi connectivity index (χ3v) is 4.47. The summed E-state index contributed by atoms with van der Waals surface area (Å²) in [7, 11) is 4.01. The Labute approximate surface area is 138 Å². The monoisotopic (exact) mass is 317 g/mol. The van der Waals surface area contributed by atoms with Gasteiger partial charge in [-0.2, -0.15) is 0 Å². The largest absolute Gasteiger partial charge is 0.373 e. The van der Waals surface area contributed by atoms with Crippen LogP contribution in [0.4, 0.5) is 5.82 Å². The lowest BCUT2D eigenvalue weighted by Gasteiger charge is -2.23. The summed E-state index contributed by atoms with van der Waals surface area (Å²) in [6.45, 7) is 3.54. The van der Waals surface area contributed by atoms with Crippen LogP contribution >= 0.6 is 0 Å². The van der Waals surface area contributed by atoms with Crippen molar-refractivity contribution in [1.29, 1.82) is 0 Å².